The molecule has 0 saturated heterocycles. The van der Waals surface area contributed by atoms with Gasteiger partial charge in [0.05, 0.1) is 23.5 Å². The highest BCUT2D eigenvalue weighted by Gasteiger charge is 2.40. The molecule has 0 bridgehead atoms. The van der Waals surface area contributed by atoms with E-state index in [1.54, 1.807) is 13.0 Å². The molecule has 7 nitrogen and oxygen atoms in total. The van der Waals surface area contributed by atoms with Crippen LogP contribution in [0.4, 0.5) is 0 Å². The molecule has 0 aromatic rings. The average molecular weight is 469 g/mol. The first kappa shape index (κ1) is 30.9. The summed E-state index contributed by atoms with van der Waals surface area (Å²) in [7, 11) is 0. The summed E-state index contributed by atoms with van der Waals surface area (Å²) in [5.41, 5.74) is -0.845. The molecule has 0 amide bonds. The summed E-state index contributed by atoms with van der Waals surface area (Å²) < 4.78 is 0. The van der Waals surface area contributed by atoms with Crippen LogP contribution in [0, 0.1) is 11.8 Å². The second-order valence-electron chi connectivity index (χ2n) is 8.82. The van der Waals surface area contributed by atoms with E-state index in [9.17, 15) is 24.9 Å². The zero-order valence-electron chi connectivity index (χ0n) is 20.3. The van der Waals surface area contributed by atoms with Gasteiger partial charge in [-0.05, 0) is 50.9 Å². The number of rotatable bonds is 15. The summed E-state index contributed by atoms with van der Waals surface area (Å²) in [4.78, 5) is 23.4. The number of hydrogen-bond donors (Lipinski definition) is 5. The van der Waals surface area contributed by atoms with Gasteiger partial charge in [-0.15, -0.1) is 6.58 Å². The highest BCUT2D eigenvalue weighted by atomic mass is 16.4. The maximum absolute atomic E-state index is 12.4. The van der Waals surface area contributed by atoms with Crippen LogP contribution >= 0.6 is 0 Å². The Kier molecular flexibility index (Phi) is 15.4. The lowest BCUT2D eigenvalue weighted by molar-refractivity contribution is -0.133. The van der Waals surface area contributed by atoms with Crippen molar-refractivity contribution in [3.8, 4) is 0 Å². The molecule has 1 aliphatic carbocycles. The van der Waals surface area contributed by atoms with Crippen LogP contribution in [0.1, 0.15) is 90.9 Å². The van der Waals surface area contributed by atoms with Crippen LogP contribution in [-0.2, 0) is 9.59 Å². The molecule has 1 fully saturated rings. The van der Waals surface area contributed by atoms with Crippen molar-refractivity contribution in [2.24, 2.45) is 11.8 Å². The Bertz CT molecular complexity index is 655. The zero-order valence-corrected chi connectivity index (χ0v) is 20.3. The second-order valence-corrected chi connectivity index (χ2v) is 8.82. The van der Waals surface area contributed by atoms with Crippen LogP contribution in [0.5, 0.6) is 0 Å². The van der Waals surface area contributed by atoms with Crippen LogP contribution in [0.25, 0.3) is 0 Å². The number of aliphatic hydroxyl groups excluding tert-OH is 3. The molecule has 7 heteroatoms. The Morgan fingerprint density at radius 2 is 1.70 bits per heavy atom. The number of hydrogen-bond acceptors (Lipinski definition) is 6. The first-order valence-electron chi connectivity index (χ1n) is 12.1. The van der Waals surface area contributed by atoms with Crippen molar-refractivity contribution in [2.45, 2.75) is 103 Å². The Morgan fingerprint density at radius 3 is 2.21 bits per heavy atom. The normalized spacial score (nSPS) is 22.5. The van der Waals surface area contributed by atoms with E-state index in [-0.39, 0.29) is 48.2 Å². The molecule has 1 aliphatic rings. The van der Waals surface area contributed by atoms with Crippen molar-refractivity contribution in [3.63, 3.8) is 0 Å². The summed E-state index contributed by atoms with van der Waals surface area (Å²) >= 11 is 0. The fourth-order valence-electron chi connectivity index (χ4n) is 4.53. The molecular formula is C26H44O7. The quantitative estimate of drug-likeness (QED) is 0.0941. The standard InChI is InChI=1S/C24H40O6.C2H4O/c1-4-7-14-24(30,6-3)15-10-12-19-18(21(26)16-22(19)27)11-8-9-13-20(25)17(5-2)23(28)29;1-2-3/h6,18-19,22,25,27,30H,3-5,7-16H2,1-2H3,(H,28,29);2-3H,1H2/t18-,19-,22-,24?;/m1./s1. The molecule has 0 aromatic carbocycles. The maximum atomic E-state index is 12.4. The molecule has 0 aliphatic heterocycles. The minimum absolute atomic E-state index is 0.0398. The fraction of sp³-hybridized carbons (Fsp3) is 0.692. The van der Waals surface area contributed by atoms with Gasteiger partial charge in [0.15, 0.2) is 0 Å². The monoisotopic (exact) mass is 468 g/mol. The lowest BCUT2D eigenvalue weighted by atomic mass is 9.83. The van der Waals surface area contributed by atoms with Gasteiger partial charge in [-0.3, -0.25) is 4.79 Å². The van der Waals surface area contributed by atoms with Crippen LogP contribution < -0.4 is 0 Å². The average Bonchev–Trinajstić information content (AvgIpc) is 3.03. The predicted octanol–water partition coefficient (Wildman–Crippen LogP) is 5.39. The van der Waals surface area contributed by atoms with E-state index < -0.39 is 17.7 Å². The second kappa shape index (κ2) is 16.5. The highest BCUT2D eigenvalue weighted by molar-refractivity contribution is 5.87. The summed E-state index contributed by atoms with van der Waals surface area (Å²) in [5.74, 6) is -1.41. The summed E-state index contributed by atoms with van der Waals surface area (Å²) in [6, 6.07) is 0. The number of unbranched alkanes of at least 4 members (excludes halogenated alkanes) is 2. The van der Waals surface area contributed by atoms with E-state index in [1.165, 1.54) is 0 Å². The Morgan fingerprint density at radius 1 is 1.09 bits per heavy atom. The van der Waals surface area contributed by atoms with Crippen molar-refractivity contribution >= 4 is 11.8 Å². The van der Waals surface area contributed by atoms with Crippen LogP contribution in [0.2, 0.25) is 0 Å². The van der Waals surface area contributed by atoms with Gasteiger partial charge in [0.25, 0.3) is 0 Å². The van der Waals surface area contributed by atoms with Crippen molar-refractivity contribution in [1.29, 1.82) is 0 Å². The van der Waals surface area contributed by atoms with Crippen LogP contribution in [0.15, 0.2) is 36.8 Å². The molecule has 0 spiro atoms. The summed E-state index contributed by atoms with van der Waals surface area (Å²) in [6.45, 7) is 10.4. The minimum atomic E-state index is -1.09. The SMILES string of the molecule is C=CC(O)(CCCC)CCC[C@H]1[C@H](O)CC(=O)[C@@H]1CCCCC(O)=C(CC)C(=O)O.C=CO. The van der Waals surface area contributed by atoms with E-state index in [0.717, 1.165) is 25.5 Å². The van der Waals surface area contributed by atoms with Gasteiger partial charge in [0.2, 0.25) is 0 Å². The molecule has 0 radical (unpaired) electrons. The third-order valence-electron chi connectivity index (χ3n) is 6.46. The number of carboxylic acids is 1. The number of Topliss-reactive ketones (excluding diaryl/α,β-unsaturated/α-hetero) is 1. The number of aliphatic carboxylic acids is 1. The van der Waals surface area contributed by atoms with Gasteiger partial charge >= 0.3 is 5.97 Å². The van der Waals surface area contributed by atoms with Gasteiger partial charge in [-0.2, -0.15) is 0 Å². The highest BCUT2D eigenvalue weighted by Crippen LogP contribution is 2.37. The number of carbonyl (C=O) groups is 2. The van der Waals surface area contributed by atoms with E-state index in [4.69, 9.17) is 10.2 Å². The van der Waals surface area contributed by atoms with E-state index >= 15 is 0 Å². The third kappa shape index (κ3) is 11.0. The van der Waals surface area contributed by atoms with E-state index in [0.29, 0.717) is 38.5 Å². The summed E-state index contributed by atoms with van der Waals surface area (Å²) in [5, 5.41) is 47.3. The van der Waals surface area contributed by atoms with Gasteiger partial charge < -0.3 is 25.5 Å². The third-order valence-corrected chi connectivity index (χ3v) is 6.46. The molecule has 0 aromatic heterocycles. The van der Waals surface area contributed by atoms with Crippen molar-refractivity contribution in [3.05, 3.63) is 36.8 Å². The smallest absolute Gasteiger partial charge is 0.334 e. The largest absolute Gasteiger partial charge is 0.516 e. The summed E-state index contributed by atoms with van der Waals surface area (Å²) in [6.07, 6.45) is 8.97. The molecule has 4 atom stereocenters. The first-order chi connectivity index (χ1) is 15.6. The van der Waals surface area contributed by atoms with Gasteiger partial charge in [-0.1, -0.05) is 45.8 Å². The molecule has 5 N–H and O–H groups in total. The molecule has 190 valence electrons. The molecule has 1 unspecified atom stereocenters. The minimum Gasteiger partial charge on any atom is -0.516 e. The molecule has 0 heterocycles. The topological polar surface area (TPSA) is 135 Å². The Balaban J connectivity index is 0.00000322. The molecular weight excluding hydrogens is 424 g/mol. The fourth-order valence-corrected chi connectivity index (χ4v) is 4.53. The van der Waals surface area contributed by atoms with Gasteiger partial charge in [0.1, 0.15) is 11.5 Å². The van der Waals surface area contributed by atoms with E-state index in [2.05, 4.69) is 20.1 Å². The number of carbonyl (C=O) groups excluding carboxylic acids is 1. The maximum Gasteiger partial charge on any atom is 0.334 e. The van der Waals surface area contributed by atoms with E-state index in [1.807, 2.05) is 0 Å². The lowest BCUT2D eigenvalue weighted by Crippen LogP contribution is -2.27. The van der Waals surface area contributed by atoms with Gasteiger partial charge in [-0.25, -0.2) is 4.79 Å². The van der Waals surface area contributed by atoms with Gasteiger partial charge in [0, 0.05) is 18.8 Å². The first-order valence-corrected chi connectivity index (χ1v) is 12.1. The van der Waals surface area contributed by atoms with Crippen molar-refractivity contribution < 1.29 is 35.1 Å². The number of carboxylic acid groups (broad SMARTS) is 1. The van der Waals surface area contributed by atoms with Crippen molar-refractivity contribution in [2.75, 3.05) is 0 Å². The molecule has 1 saturated carbocycles. The lowest BCUT2D eigenvalue weighted by Gasteiger charge is -2.26. The number of allylic oxidation sites excluding steroid dienone is 1. The van der Waals surface area contributed by atoms with Crippen LogP contribution in [-0.4, -0.2) is 49.0 Å². The number of aliphatic hydroxyl groups is 4. The Hall–Kier alpha value is -2.12. The zero-order chi connectivity index (χ0) is 25.4. The van der Waals surface area contributed by atoms with Crippen LogP contribution in [0.3, 0.4) is 0 Å². The Labute approximate surface area is 198 Å². The van der Waals surface area contributed by atoms with Crippen molar-refractivity contribution in [1.82, 2.24) is 0 Å². The molecule has 33 heavy (non-hydrogen) atoms. The predicted molar refractivity (Wildman–Crippen MR) is 130 cm³/mol. The molecule has 1 rings (SSSR count). The number of ketones is 1.